The number of fused-ring (bicyclic) bond motifs is 1. The standard InChI is InChI=1S/C17H22O5/c1-9-5-6-13(19)10(2)8-15-16(11(3)17(20)22-15)14(7-9)21-12(4)18/h5,8,11,14-16H,6-7H2,1-4H3/b9-5+,10-8-/t11-,14-,15+,16+/m0/s1. The SMILES string of the molecule is CC(=O)O[C@H]1C/C(C)=C/CC(=O)/C(C)=C\[C@H]2OC(=O)[C@@H](C)[C@H]12. The lowest BCUT2D eigenvalue weighted by Crippen LogP contribution is -2.35. The first-order valence-corrected chi connectivity index (χ1v) is 7.54. The number of rotatable bonds is 1. The van der Waals surface area contributed by atoms with Gasteiger partial charge in [-0.15, -0.1) is 0 Å². The highest BCUT2D eigenvalue weighted by Crippen LogP contribution is 2.36. The van der Waals surface area contributed by atoms with Crippen LogP contribution in [0.15, 0.2) is 23.3 Å². The summed E-state index contributed by atoms with van der Waals surface area (Å²) in [5, 5.41) is 0. The molecule has 0 aromatic carbocycles. The number of Topliss-reactive ketones (excluding diaryl/α,β-unsaturated/α-hetero) is 1. The van der Waals surface area contributed by atoms with E-state index in [2.05, 4.69) is 0 Å². The Morgan fingerprint density at radius 2 is 2.00 bits per heavy atom. The summed E-state index contributed by atoms with van der Waals surface area (Å²) in [5.41, 5.74) is 1.55. The van der Waals surface area contributed by atoms with Gasteiger partial charge in [-0.3, -0.25) is 14.4 Å². The van der Waals surface area contributed by atoms with Crippen molar-refractivity contribution in [1.29, 1.82) is 0 Å². The summed E-state index contributed by atoms with van der Waals surface area (Å²) in [6.45, 7) is 6.77. The minimum absolute atomic E-state index is 0.0136. The Hall–Kier alpha value is -1.91. The van der Waals surface area contributed by atoms with Crippen molar-refractivity contribution in [2.24, 2.45) is 11.8 Å². The summed E-state index contributed by atoms with van der Waals surface area (Å²) in [7, 11) is 0. The number of hydrogen-bond donors (Lipinski definition) is 0. The molecule has 1 aliphatic heterocycles. The lowest BCUT2D eigenvalue weighted by atomic mass is 9.82. The Balaban J connectivity index is 2.43. The summed E-state index contributed by atoms with van der Waals surface area (Å²) in [4.78, 5) is 35.4. The van der Waals surface area contributed by atoms with E-state index in [1.807, 2.05) is 13.0 Å². The lowest BCUT2D eigenvalue weighted by Gasteiger charge is -2.28. The maximum absolute atomic E-state index is 12.0. The third-order valence-corrected chi connectivity index (χ3v) is 4.34. The van der Waals surface area contributed by atoms with E-state index < -0.39 is 12.2 Å². The maximum atomic E-state index is 12.0. The molecule has 1 aliphatic carbocycles. The molecule has 0 unspecified atom stereocenters. The molecule has 0 aromatic rings. The first-order valence-electron chi connectivity index (χ1n) is 7.54. The van der Waals surface area contributed by atoms with E-state index in [0.29, 0.717) is 18.4 Å². The summed E-state index contributed by atoms with van der Waals surface area (Å²) in [6.07, 6.45) is 3.40. The van der Waals surface area contributed by atoms with Crippen molar-refractivity contribution in [2.75, 3.05) is 0 Å². The first kappa shape index (κ1) is 16.5. The first-order chi connectivity index (χ1) is 10.3. The van der Waals surface area contributed by atoms with Crippen molar-refractivity contribution in [3.05, 3.63) is 23.3 Å². The topological polar surface area (TPSA) is 69.7 Å². The molecule has 22 heavy (non-hydrogen) atoms. The van der Waals surface area contributed by atoms with Gasteiger partial charge >= 0.3 is 11.9 Å². The number of carbonyl (C=O) groups is 3. The predicted molar refractivity (Wildman–Crippen MR) is 79.8 cm³/mol. The van der Waals surface area contributed by atoms with Crippen molar-refractivity contribution in [2.45, 2.75) is 52.7 Å². The van der Waals surface area contributed by atoms with Gasteiger partial charge in [0.15, 0.2) is 5.78 Å². The fourth-order valence-electron chi connectivity index (χ4n) is 3.08. The Morgan fingerprint density at radius 1 is 1.32 bits per heavy atom. The average Bonchev–Trinajstić information content (AvgIpc) is 2.69. The predicted octanol–water partition coefficient (Wildman–Crippen LogP) is 2.35. The molecule has 1 saturated heterocycles. The second kappa shape index (κ2) is 6.46. The molecule has 0 radical (unpaired) electrons. The zero-order valence-electron chi connectivity index (χ0n) is 13.4. The van der Waals surface area contributed by atoms with Crippen LogP contribution in [0, 0.1) is 11.8 Å². The zero-order chi connectivity index (χ0) is 16.4. The van der Waals surface area contributed by atoms with Gasteiger partial charge in [-0.05, 0) is 25.5 Å². The van der Waals surface area contributed by atoms with Gasteiger partial charge in [-0.1, -0.05) is 18.6 Å². The van der Waals surface area contributed by atoms with E-state index in [1.54, 1.807) is 19.9 Å². The van der Waals surface area contributed by atoms with Gasteiger partial charge in [0.2, 0.25) is 0 Å². The van der Waals surface area contributed by atoms with Crippen molar-refractivity contribution in [1.82, 2.24) is 0 Å². The van der Waals surface area contributed by atoms with Crippen LogP contribution in [0.3, 0.4) is 0 Å². The molecular weight excluding hydrogens is 284 g/mol. The van der Waals surface area contributed by atoms with Crippen molar-refractivity contribution < 1.29 is 23.9 Å². The van der Waals surface area contributed by atoms with E-state index in [0.717, 1.165) is 5.57 Å². The number of hydrogen-bond acceptors (Lipinski definition) is 5. The van der Waals surface area contributed by atoms with Gasteiger partial charge in [0.25, 0.3) is 0 Å². The molecule has 2 aliphatic rings. The second-order valence-corrected chi connectivity index (χ2v) is 6.15. The molecule has 0 saturated carbocycles. The Labute approximate surface area is 130 Å². The fourth-order valence-corrected chi connectivity index (χ4v) is 3.08. The number of esters is 2. The van der Waals surface area contributed by atoms with E-state index >= 15 is 0 Å². The highest BCUT2D eigenvalue weighted by atomic mass is 16.6. The molecule has 5 nitrogen and oxygen atoms in total. The van der Waals surface area contributed by atoms with Crippen LogP contribution in [-0.4, -0.2) is 29.9 Å². The Bertz CT molecular complexity index is 557. The van der Waals surface area contributed by atoms with E-state index in [-0.39, 0.29) is 29.6 Å². The maximum Gasteiger partial charge on any atom is 0.309 e. The van der Waals surface area contributed by atoms with Crippen LogP contribution in [0.1, 0.15) is 40.5 Å². The third-order valence-electron chi connectivity index (χ3n) is 4.34. The van der Waals surface area contributed by atoms with E-state index in [4.69, 9.17) is 9.47 Å². The fraction of sp³-hybridized carbons (Fsp3) is 0.588. The van der Waals surface area contributed by atoms with Gasteiger partial charge in [-0.25, -0.2) is 0 Å². The number of allylic oxidation sites excluding steroid dienone is 2. The third kappa shape index (κ3) is 3.46. The molecule has 4 atom stereocenters. The highest BCUT2D eigenvalue weighted by molar-refractivity contribution is 5.96. The van der Waals surface area contributed by atoms with Gasteiger partial charge in [-0.2, -0.15) is 0 Å². The molecule has 120 valence electrons. The molecular formula is C17H22O5. The van der Waals surface area contributed by atoms with Crippen LogP contribution < -0.4 is 0 Å². The van der Waals surface area contributed by atoms with Gasteiger partial charge in [0.1, 0.15) is 12.2 Å². The van der Waals surface area contributed by atoms with Crippen LogP contribution >= 0.6 is 0 Å². The average molecular weight is 306 g/mol. The van der Waals surface area contributed by atoms with Crippen molar-refractivity contribution in [3.8, 4) is 0 Å². The molecule has 0 aromatic heterocycles. The smallest absolute Gasteiger partial charge is 0.309 e. The summed E-state index contributed by atoms with van der Waals surface area (Å²) in [6, 6.07) is 0. The largest absolute Gasteiger partial charge is 0.462 e. The van der Waals surface area contributed by atoms with Gasteiger partial charge in [0.05, 0.1) is 11.8 Å². The minimum atomic E-state index is -0.526. The number of ether oxygens (including phenoxy) is 2. The molecule has 5 heteroatoms. The molecule has 0 amide bonds. The highest BCUT2D eigenvalue weighted by Gasteiger charge is 2.46. The molecule has 2 rings (SSSR count). The number of ketones is 1. The van der Waals surface area contributed by atoms with Crippen LogP contribution in [0.2, 0.25) is 0 Å². The molecule has 0 N–H and O–H groups in total. The Kier molecular flexibility index (Phi) is 4.84. The summed E-state index contributed by atoms with van der Waals surface area (Å²) >= 11 is 0. The lowest BCUT2D eigenvalue weighted by molar-refractivity contribution is -0.150. The molecule has 1 fully saturated rings. The monoisotopic (exact) mass is 306 g/mol. The van der Waals surface area contributed by atoms with Crippen LogP contribution in [-0.2, 0) is 23.9 Å². The van der Waals surface area contributed by atoms with Crippen LogP contribution in [0.25, 0.3) is 0 Å². The van der Waals surface area contributed by atoms with Crippen LogP contribution in [0.4, 0.5) is 0 Å². The van der Waals surface area contributed by atoms with Crippen molar-refractivity contribution in [3.63, 3.8) is 0 Å². The van der Waals surface area contributed by atoms with Gasteiger partial charge in [0, 0.05) is 19.8 Å². The number of carbonyl (C=O) groups excluding carboxylic acids is 3. The molecule has 0 bridgehead atoms. The summed E-state index contributed by atoms with van der Waals surface area (Å²) in [5.74, 6) is -1.33. The van der Waals surface area contributed by atoms with E-state index in [1.165, 1.54) is 6.92 Å². The van der Waals surface area contributed by atoms with Crippen LogP contribution in [0.5, 0.6) is 0 Å². The zero-order valence-corrected chi connectivity index (χ0v) is 13.4. The second-order valence-electron chi connectivity index (χ2n) is 6.15. The quantitative estimate of drug-likeness (QED) is 0.549. The van der Waals surface area contributed by atoms with Crippen molar-refractivity contribution >= 4 is 17.7 Å². The van der Waals surface area contributed by atoms with E-state index in [9.17, 15) is 14.4 Å². The summed E-state index contributed by atoms with van der Waals surface area (Å²) < 4.78 is 10.9. The minimum Gasteiger partial charge on any atom is -0.462 e. The Morgan fingerprint density at radius 3 is 2.64 bits per heavy atom. The molecule has 1 heterocycles. The molecule has 0 spiro atoms. The normalized spacial score (nSPS) is 37.3. The van der Waals surface area contributed by atoms with Gasteiger partial charge < -0.3 is 9.47 Å².